The Morgan fingerprint density at radius 2 is 1.61 bits per heavy atom. The van der Waals surface area contributed by atoms with E-state index in [4.69, 9.17) is 5.73 Å². The number of hydrogen-bond donors (Lipinski definition) is 4. The lowest BCUT2D eigenvalue weighted by molar-refractivity contribution is -0.130. The maximum absolute atomic E-state index is 12.3. The van der Waals surface area contributed by atoms with E-state index in [-0.39, 0.29) is 24.4 Å². The van der Waals surface area contributed by atoms with Gasteiger partial charge in [-0.05, 0) is 51.5 Å². The van der Waals surface area contributed by atoms with Crippen LogP contribution in [0.1, 0.15) is 99.3 Å². The SMILES string of the molecule is C=CC.CC(C)C.CCC[C@H](NC(=O)[C@@H](C)NCCCC1CCCCC1)C(=O)NCC(N)=O. The molecule has 5 N–H and O–H groups in total. The van der Waals surface area contributed by atoms with Crippen LogP contribution >= 0.6 is 0 Å². The van der Waals surface area contributed by atoms with Gasteiger partial charge in [-0.15, -0.1) is 6.58 Å². The summed E-state index contributed by atoms with van der Waals surface area (Å²) < 4.78 is 0. The van der Waals surface area contributed by atoms with Crippen LogP contribution in [0, 0.1) is 11.8 Å². The van der Waals surface area contributed by atoms with Crippen LogP contribution in [-0.4, -0.2) is 42.9 Å². The number of primary amides is 1. The summed E-state index contributed by atoms with van der Waals surface area (Å²) in [6.45, 7) is 16.1. The maximum Gasteiger partial charge on any atom is 0.243 e. The number of carbonyl (C=O) groups is 3. The topological polar surface area (TPSA) is 113 Å². The molecule has 0 aromatic rings. The Hall–Kier alpha value is -1.89. The van der Waals surface area contributed by atoms with E-state index in [9.17, 15) is 14.4 Å². The normalized spacial score (nSPS) is 15.1. The van der Waals surface area contributed by atoms with E-state index in [0.717, 1.165) is 31.2 Å². The molecule has 33 heavy (non-hydrogen) atoms. The van der Waals surface area contributed by atoms with Crippen molar-refractivity contribution in [3.05, 3.63) is 12.7 Å². The summed E-state index contributed by atoms with van der Waals surface area (Å²) >= 11 is 0. The largest absolute Gasteiger partial charge is 0.368 e. The minimum Gasteiger partial charge on any atom is -0.368 e. The summed E-state index contributed by atoms with van der Waals surface area (Å²) in [7, 11) is 0. The predicted octanol–water partition coefficient (Wildman–Crippen LogP) is 4.07. The van der Waals surface area contributed by atoms with Gasteiger partial charge in [0.2, 0.25) is 17.7 Å². The molecule has 2 atom stereocenters. The van der Waals surface area contributed by atoms with Crippen LogP contribution < -0.4 is 21.7 Å². The van der Waals surface area contributed by atoms with Gasteiger partial charge in [0.05, 0.1) is 12.6 Å². The molecule has 3 amide bonds. The molecule has 0 saturated heterocycles. The third-order valence-corrected chi connectivity index (χ3v) is 5.00. The summed E-state index contributed by atoms with van der Waals surface area (Å²) in [5.74, 6) is 0.504. The molecule has 0 aromatic heterocycles. The standard InChI is InChI=1S/C19H36N4O3.C4H10.C3H6/c1-3-8-16(19(26)22-13-17(20)24)23-18(25)14(2)21-12-7-11-15-9-5-4-6-10-15;1-4(2)3;1-3-2/h14-16,21H,3-13H2,1-2H3,(H2,20,24)(H,22,26)(H,23,25);4H,1-3H3;3H,1H2,2H3/t14-,16+;;/m1../s1. The molecule has 1 fully saturated rings. The molecule has 7 heteroatoms. The number of nitrogens with one attached hydrogen (secondary N) is 3. The molecule has 0 aliphatic heterocycles. The second-order valence-corrected chi connectivity index (χ2v) is 9.50. The monoisotopic (exact) mass is 468 g/mol. The Kier molecular flexibility index (Phi) is 22.1. The van der Waals surface area contributed by atoms with Crippen molar-refractivity contribution in [1.29, 1.82) is 0 Å². The second kappa shape index (κ2) is 21.9. The Balaban J connectivity index is 0. The summed E-state index contributed by atoms with van der Waals surface area (Å²) in [6, 6.07) is -0.997. The average molecular weight is 469 g/mol. The van der Waals surface area contributed by atoms with E-state index >= 15 is 0 Å². The molecule has 1 aliphatic carbocycles. The zero-order valence-electron chi connectivity index (χ0n) is 22.2. The number of allylic oxidation sites excluding steroid dienone is 1. The van der Waals surface area contributed by atoms with Crippen LogP contribution in [0.3, 0.4) is 0 Å². The molecule has 194 valence electrons. The lowest BCUT2D eigenvalue weighted by Gasteiger charge is -2.22. The van der Waals surface area contributed by atoms with Crippen molar-refractivity contribution in [1.82, 2.24) is 16.0 Å². The van der Waals surface area contributed by atoms with Crippen molar-refractivity contribution in [2.75, 3.05) is 13.1 Å². The van der Waals surface area contributed by atoms with Crippen LogP contribution in [0.15, 0.2) is 12.7 Å². The van der Waals surface area contributed by atoms with Gasteiger partial charge in [-0.25, -0.2) is 0 Å². The third kappa shape index (κ3) is 21.7. The van der Waals surface area contributed by atoms with Gasteiger partial charge in [0.15, 0.2) is 0 Å². The quantitative estimate of drug-likeness (QED) is 0.255. The highest BCUT2D eigenvalue weighted by Gasteiger charge is 2.22. The Morgan fingerprint density at radius 1 is 1.06 bits per heavy atom. The summed E-state index contributed by atoms with van der Waals surface area (Å²) in [5, 5.41) is 8.46. The number of carbonyl (C=O) groups excluding carboxylic acids is 3. The van der Waals surface area contributed by atoms with E-state index < -0.39 is 11.9 Å². The van der Waals surface area contributed by atoms with Crippen molar-refractivity contribution in [3.8, 4) is 0 Å². The first-order chi connectivity index (χ1) is 15.6. The molecular formula is C26H52N4O3. The highest BCUT2D eigenvalue weighted by atomic mass is 16.2. The molecule has 0 bridgehead atoms. The molecule has 7 nitrogen and oxygen atoms in total. The smallest absolute Gasteiger partial charge is 0.243 e. The van der Waals surface area contributed by atoms with Gasteiger partial charge in [0, 0.05) is 0 Å². The van der Waals surface area contributed by atoms with Crippen molar-refractivity contribution >= 4 is 17.7 Å². The summed E-state index contributed by atoms with van der Waals surface area (Å²) in [4.78, 5) is 35.2. The van der Waals surface area contributed by atoms with Gasteiger partial charge in [0.25, 0.3) is 0 Å². The lowest BCUT2D eigenvalue weighted by atomic mass is 9.86. The van der Waals surface area contributed by atoms with Gasteiger partial charge in [0.1, 0.15) is 6.04 Å². The highest BCUT2D eigenvalue weighted by Crippen LogP contribution is 2.26. The molecule has 0 spiro atoms. The third-order valence-electron chi connectivity index (χ3n) is 5.00. The van der Waals surface area contributed by atoms with Crippen LogP contribution in [-0.2, 0) is 14.4 Å². The van der Waals surface area contributed by atoms with Gasteiger partial charge in [-0.1, -0.05) is 72.3 Å². The fourth-order valence-corrected chi connectivity index (χ4v) is 3.43. The van der Waals surface area contributed by atoms with E-state index in [1.165, 1.54) is 38.5 Å². The summed E-state index contributed by atoms with van der Waals surface area (Å²) in [5.41, 5.74) is 5.04. The zero-order chi connectivity index (χ0) is 25.6. The number of nitrogens with two attached hydrogens (primary N) is 1. The van der Waals surface area contributed by atoms with Crippen LogP contribution in [0.25, 0.3) is 0 Å². The first-order valence-electron chi connectivity index (χ1n) is 12.8. The zero-order valence-corrected chi connectivity index (χ0v) is 22.2. The van der Waals surface area contributed by atoms with Gasteiger partial charge in [-0.2, -0.15) is 0 Å². The minimum absolute atomic E-state index is 0.199. The number of hydrogen-bond acceptors (Lipinski definition) is 4. The van der Waals surface area contributed by atoms with Crippen LogP contribution in [0.5, 0.6) is 0 Å². The molecule has 0 radical (unpaired) electrons. The molecule has 1 aliphatic rings. The maximum atomic E-state index is 12.3. The van der Waals surface area contributed by atoms with Crippen LogP contribution in [0.4, 0.5) is 0 Å². The fourth-order valence-electron chi connectivity index (χ4n) is 3.43. The van der Waals surface area contributed by atoms with Gasteiger partial charge >= 0.3 is 0 Å². The van der Waals surface area contributed by atoms with Crippen molar-refractivity contribution in [3.63, 3.8) is 0 Å². The van der Waals surface area contributed by atoms with Crippen LogP contribution in [0.2, 0.25) is 0 Å². The molecule has 1 saturated carbocycles. The molecule has 1 rings (SSSR count). The number of rotatable bonds is 12. The van der Waals surface area contributed by atoms with Crippen molar-refractivity contribution in [2.24, 2.45) is 17.6 Å². The summed E-state index contributed by atoms with van der Waals surface area (Å²) in [6.07, 6.45) is 12.1. The average Bonchev–Trinajstić information content (AvgIpc) is 2.75. The highest BCUT2D eigenvalue weighted by molar-refractivity contribution is 5.91. The van der Waals surface area contributed by atoms with E-state index in [1.807, 2.05) is 13.8 Å². The predicted molar refractivity (Wildman–Crippen MR) is 139 cm³/mol. The second-order valence-electron chi connectivity index (χ2n) is 9.50. The Morgan fingerprint density at radius 3 is 2.09 bits per heavy atom. The molecule has 0 aromatic carbocycles. The first kappa shape index (κ1) is 33.3. The Labute approximate surface area is 203 Å². The van der Waals surface area contributed by atoms with Gasteiger partial charge < -0.3 is 21.7 Å². The molecular weight excluding hydrogens is 416 g/mol. The van der Waals surface area contributed by atoms with Gasteiger partial charge in [-0.3, -0.25) is 14.4 Å². The first-order valence-corrected chi connectivity index (χ1v) is 12.8. The van der Waals surface area contributed by atoms with E-state index in [2.05, 4.69) is 43.3 Å². The molecule has 0 unspecified atom stereocenters. The minimum atomic E-state index is -0.640. The van der Waals surface area contributed by atoms with E-state index in [1.54, 1.807) is 13.0 Å². The van der Waals surface area contributed by atoms with E-state index in [0.29, 0.717) is 6.42 Å². The molecule has 0 heterocycles. The van der Waals surface area contributed by atoms with Crippen molar-refractivity contribution < 1.29 is 14.4 Å². The lowest BCUT2D eigenvalue weighted by Crippen LogP contribution is -2.52. The fraction of sp³-hybridized carbons (Fsp3) is 0.808. The number of amides is 3. The Bertz CT molecular complexity index is 529. The van der Waals surface area contributed by atoms with Crippen molar-refractivity contribution in [2.45, 2.75) is 111 Å².